The zero-order chi connectivity index (χ0) is 35.5. The van der Waals surface area contributed by atoms with Gasteiger partial charge in [-0.25, -0.2) is 19.4 Å². The molecule has 1 aromatic heterocycles. The van der Waals surface area contributed by atoms with E-state index in [0.29, 0.717) is 0 Å². The number of rotatable bonds is 13. The number of thiazole rings is 1. The molecule has 0 bridgehead atoms. The average Bonchev–Trinajstić information content (AvgIpc) is 3.51. The van der Waals surface area contributed by atoms with Gasteiger partial charge in [-0.2, -0.15) is 0 Å². The maximum Gasteiger partial charge on any atom is 0.407 e. The first kappa shape index (κ1) is 38.2. The number of nitrogens with two attached hydrogens (primary N) is 1. The highest BCUT2D eigenvalue weighted by atomic mass is 32.2. The number of carboxylic acid groups (broad SMARTS) is 1. The number of carbonyl (C=O) groups is 5. The second kappa shape index (κ2) is 14.4. The van der Waals surface area contributed by atoms with Crippen LogP contribution in [0.1, 0.15) is 61.1 Å². The van der Waals surface area contributed by atoms with Crippen LogP contribution in [0.15, 0.2) is 10.5 Å². The molecular weight excluding hydrogens is 677 g/mol. The maximum atomic E-state index is 13.5. The van der Waals surface area contributed by atoms with Gasteiger partial charge in [0.25, 0.3) is 5.91 Å². The van der Waals surface area contributed by atoms with Crippen LogP contribution in [0.3, 0.4) is 0 Å². The molecule has 2 fully saturated rings. The molecule has 2 saturated heterocycles. The third-order valence-electron chi connectivity index (χ3n) is 6.29. The van der Waals surface area contributed by atoms with E-state index in [0.717, 1.165) is 34.9 Å². The molecule has 262 valence electrons. The zero-order valence-corrected chi connectivity index (χ0v) is 30.1. The highest BCUT2D eigenvalue weighted by molar-refractivity contribution is 8.20. The SMILES string of the molecule is COC[C@H](CS[C@]1(C(=O)O)CN2C(=O)[C@@H](NC(=O)/C(=N\OC(C)(C)C(=O)OC(C)(C)C)c3csc(N)n3)[C@H]2S1)NC(=O)OC(C)(C)C. The van der Waals surface area contributed by atoms with E-state index in [9.17, 15) is 29.1 Å². The molecule has 0 spiro atoms. The van der Waals surface area contributed by atoms with Gasteiger partial charge in [-0.05, 0) is 55.4 Å². The van der Waals surface area contributed by atoms with Crippen molar-refractivity contribution in [3.8, 4) is 0 Å². The lowest BCUT2D eigenvalue weighted by Crippen LogP contribution is -2.68. The highest BCUT2D eigenvalue weighted by Crippen LogP contribution is 2.52. The molecule has 0 aromatic carbocycles. The Balaban J connectivity index is 1.75. The highest BCUT2D eigenvalue weighted by Gasteiger charge is 2.63. The molecule has 16 nitrogen and oxygen atoms in total. The number of alkyl carbamates (subject to hydrolysis) is 1. The van der Waals surface area contributed by atoms with Gasteiger partial charge in [-0.3, -0.25) is 9.59 Å². The van der Waals surface area contributed by atoms with Crippen LogP contribution < -0.4 is 16.4 Å². The predicted octanol–water partition coefficient (Wildman–Crippen LogP) is 2.02. The van der Waals surface area contributed by atoms with Gasteiger partial charge in [-0.15, -0.1) is 34.9 Å². The first-order chi connectivity index (χ1) is 21.6. The molecule has 3 amide bonds. The summed E-state index contributed by atoms with van der Waals surface area (Å²) in [5.41, 5.74) is 2.34. The molecule has 0 saturated carbocycles. The maximum absolute atomic E-state index is 13.5. The van der Waals surface area contributed by atoms with Crippen LogP contribution in [0.4, 0.5) is 9.93 Å². The number of fused-ring (bicyclic) bond motifs is 1. The van der Waals surface area contributed by atoms with E-state index in [1.807, 2.05) is 0 Å². The molecular formula is C28H42N6O10S3. The molecule has 47 heavy (non-hydrogen) atoms. The number of oxime groups is 1. The minimum Gasteiger partial charge on any atom is -0.480 e. The summed E-state index contributed by atoms with van der Waals surface area (Å²) in [6, 6.07) is -1.69. The molecule has 0 aliphatic carbocycles. The Bertz CT molecular complexity index is 1410. The summed E-state index contributed by atoms with van der Waals surface area (Å²) in [5.74, 6) is -3.12. The monoisotopic (exact) mass is 718 g/mol. The number of esters is 1. The number of amides is 3. The summed E-state index contributed by atoms with van der Waals surface area (Å²) < 4.78 is 14.4. The zero-order valence-electron chi connectivity index (χ0n) is 27.7. The van der Waals surface area contributed by atoms with E-state index < -0.39 is 68.2 Å². The Morgan fingerprint density at radius 2 is 1.81 bits per heavy atom. The number of nitrogen functional groups attached to an aromatic ring is 1. The van der Waals surface area contributed by atoms with E-state index >= 15 is 0 Å². The standard InChI is InChI=1S/C28H42N6O10S3/c1-25(2,3)42-22(39)27(7,8)44-33-16(15-12-45-23(29)31-15)18(35)32-17-19(36)34-13-28(21(37)38,47-20(17)34)46-11-14(10-41-9)30-24(40)43-26(4,5)6/h12,14,17,20H,10-11,13H2,1-9H3,(H2,29,31)(H,30,40)(H,32,35)(H,37,38)/b33-16-/t14-,17-,20-,28-/m1/s1. The van der Waals surface area contributed by atoms with Gasteiger partial charge in [0.2, 0.25) is 11.5 Å². The van der Waals surface area contributed by atoms with Crippen molar-refractivity contribution in [3.05, 3.63) is 11.1 Å². The molecule has 5 N–H and O–H groups in total. The third kappa shape index (κ3) is 9.86. The van der Waals surface area contributed by atoms with Crippen LogP contribution in [0.2, 0.25) is 0 Å². The van der Waals surface area contributed by atoms with Crippen LogP contribution in [-0.2, 0) is 38.2 Å². The summed E-state index contributed by atoms with van der Waals surface area (Å²) in [7, 11) is 1.45. The Morgan fingerprint density at radius 1 is 1.17 bits per heavy atom. The van der Waals surface area contributed by atoms with Crippen molar-refractivity contribution >= 4 is 75.6 Å². The molecule has 2 aliphatic rings. The van der Waals surface area contributed by atoms with Crippen molar-refractivity contribution in [1.82, 2.24) is 20.5 Å². The van der Waals surface area contributed by atoms with Crippen molar-refractivity contribution in [2.45, 2.75) is 93.7 Å². The number of hydrogen-bond acceptors (Lipinski definition) is 15. The lowest BCUT2D eigenvalue weighted by atomic mass is 10.1. The van der Waals surface area contributed by atoms with Gasteiger partial charge in [0.15, 0.2) is 14.9 Å². The Hall–Kier alpha value is -3.29. The van der Waals surface area contributed by atoms with E-state index in [2.05, 4.69) is 20.8 Å². The van der Waals surface area contributed by atoms with Crippen LogP contribution in [0, 0.1) is 0 Å². The van der Waals surface area contributed by atoms with Gasteiger partial charge in [-0.1, -0.05) is 5.16 Å². The number of thioether (sulfide) groups is 2. The Morgan fingerprint density at radius 3 is 2.34 bits per heavy atom. The van der Waals surface area contributed by atoms with Gasteiger partial charge < -0.3 is 45.4 Å². The predicted molar refractivity (Wildman–Crippen MR) is 177 cm³/mol. The van der Waals surface area contributed by atoms with Crippen molar-refractivity contribution in [3.63, 3.8) is 0 Å². The number of carbonyl (C=O) groups excluding carboxylic acids is 4. The molecule has 0 radical (unpaired) electrons. The number of β-lactam (4-membered cyclic amide) rings is 1. The van der Waals surface area contributed by atoms with Crippen LogP contribution >= 0.6 is 34.9 Å². The van der Waals surface area contributed by atoms with Gasteiger partial charge in [0.05, 0.1) is 19.2 Å². The average molecular weight is 719 g/mol. The fourth-order valence-electron chi connectivity index (χ4n) is 4.12. The largest absolute Gasteiger partial charge is 0.480 e. The third-order valence-corrected chi connectivity index (χ3v) is 10.4. The number of anilines is 1. The van der Waals surface area contributed by atoms with E-state index in [1.165, 1.54) is 31.2 Å². The fourth-order valence-corrected chi connectivity index (χ4v) is 7.78. The fraction of sp³-hybridized carbons (Fsp3) is 0.679. The van der Waals surface area contributed by atoms with E-state index in [-0.39, 0.29) is 35.4 Å². The lowest BCUT2D eigenvalue weighted by molar-refractivity contribution is -0.179. The molecule has 1 aromatic rings. The molecule has 4 atom stereocenters. The van der Waals surface area contributed by atoms with Crippen LogP contribution in [-0.4, -0.2) is 115 Å². The lowest BCUT2D eigenvalue weighted by Gasteiger charge is -2.41. The normalized spacial score (nSPS) is 22.1. The Labute approximate surface area is 285 Å². The number of ether oxygens (including phenoxy) is 3. The van der Waals surface area contributed by atoms with Crippen LogP contribution in [0.5, 0.6) is 0 Å². The second-order valence-corrected chi connectivity index (χ2v) is 17.1. The Kier molecular flexibility index (Phi) is 11.7. The smallest absolute Gasteiger partial charge is 0.407 e. The summed E-state index contributed by atoms with van der Waals surface area (Å²) in [6.45, 7) is 13.0. The quantitative estimate of drug-likeness (QED) is 0.0993. The number of methoxy groups -OCH3 is 1. The summed E-state index contributed by atoms with van der Waals surface area (Å²) in [5, 5.41) is 20.4. The van der Waals surface area contributed by atoms with Crippen molar-refractivity contribution in [1.29, 1.82) is 0 Å². The van der Waals surface area contributed by atoms with Crippen molar-refractivity contribution in [2.24, 2.45) is 5.16 Å². The molecule has 3 heterocycles. The number of aliphatic carboxylic acids is 1. The molecule has 0 unspecified atom stereocenters. The first-order valence-electron chi connectivity index (χ1n) is 14.4. The minimum absolute atomic E-state index is 0.0461. The summed E-state index contributed by atoms with van der Waals surface area (Å²) >= 11 is 3.08. The second-order valence-electron chi connectivity index (χ2n) is 13.2. The van der Waals surface area contributed by atoms with Gasteiger partial charge in [0.1, 0.15) is 28.3 Å². The number of hydrogen-bond donors (Lipinski definition) is 4. The summed E-state index contributed by atoms with van der Waals surface area (Å²) in [6.07, 6.45) is -0.678. The summed E-state index contributed by atoms with van der Waals surface area (Å²) in [4.78, 5) is 75.2. The van der Waals surface area contributed by atoms with Crippen molar-refractivity contribution < 1.29 is 48.1 Å². The van der Waals surface area contributed by atoms with Crippen LogP contribution in [0.25, 0.3) is 0 Å². The molecule has 19 heteroatoms. The number of nitrogens with one attached hydrogen (secondary N) is 2. The topological polar surface area (TPSA) is 221 Å². The molecule has 2 aliphatic heterocycles. The van der Waals surface area contributed by atoms with E-state index in [4.69, 9.17) is 24.8 Å². The number of nitrogens with zero attached hydrogens (tertiary/aromatic N) is 3. The van der Waals surface area contributed by atoms with Crippen molar-refractivity contribution in [2.75, 3.05) is 31.7 Å². The van der Waals surface area contributed by atoms with Gasteiger partial charge >= 0.3 is 18.0 Å². The van der Waals surface area contributed by atoms with E-state index in [1.54, 1.807) is 41.5 Å². The van der Waals surface area contributed by atoms with Gasteiger partial charge in [0, 0.05) is 18.2 Å². The number of carboxylic acids is 1. The minimum atomic E-state index is -1.60. The first-order valence-corrected chi connectivity index (χ1v) is 17.2. The molecule has 3 rings (SSSR count). The number of aromatic nitrogens is 1.